The summed E-state index contributed by atoms with van der Waals surface area (Å²) in [6.45, 7) is 4.41. The zero-order valence-corrected chi connectivity index (χ0v) is 15.4. The van der Waals surface area contributed by atoms with Crippen molar-refractivity contribution in [3.05, 3.63) is 40.9 Å². The Hall–Kier alpha value is -1.92. The fourth-order valence-corrected chi connectivity index (χ4v) is 3.11. The van der Waals surface area contributed by atoms with Gasteiger partial charge < -0.3 is 11.1 Å². The Balaban J connectivity index is 1.95. The van der Waals surface area contributed by atoms with Gasteiger partial charge in [0.05, 0.1) is 16.2 Å². The van der Waals surface area contributed by atoms with Gasteiger partial charge in [0, 0.05) is 12.5 Å². The number of carbonyl (C=O) groups is 1. The molecule has 0 radical (unpaired) electrons. The van der Waals surface area contributed by atoms with Crippen LogP contribution in [0.1, 0.15) is 61.9 Å². The molecule has 1 aromatic carbocycles. The molecule has 0 saturated heterocycles. The third-order valence-electron chi connectivity index (χ3n) is 4.98. The van der Waals surface area contributed by atoms with Crippen LogP contribution in [-0.4, -0.2) is 32.8 Å². The number of nitrogens with zero attached hydrogens (tertiary/aromatic N) is 3. The number of nitrogens with two attached hydrogens (primary N) is 1. The van der Waals surface area contributed by atoms with Crippen LogP contribution in [0.5, 0.6) is 0 Å². The fraction of sp³-hybridized carbons (Fsp3) is 0.500. The Labute approximate surface area is 152 Å². The Morgan fingerprint density at radius 2 is 2.04 bits per heavy atom. The molecule has 2 aromatic rings. The summed E-state index contributed by atoms with van der Waals surface area (Å²) in [6.07, 6.45) is 3.63. The lowest BCUT2D eigenvalue weighted by molar-refractivity contribution is 0.0884. The Morgan fingerprint density at radius 1 is 1.36 bits per heavy atom. The molecule has 1 heterocycles. The number of carbonyl (C=O) groups excluding carboxylic acids is 1. The second kappa shape index (κ2) is 7.14. The molecule has 7 heteroatoms. The van der Waals surface area contributed by atoms with Crippen molar-refractivity contribution in [2.45, 2.75) is 51.0 Å². The van der Waals surface area contributed by atoms with Crippen LogP contribution in [0.15, 0.2) is 24.3 Å². The van der Waals surface area contributed by atoms with Crippen molar-refractivity contribution in [2.75, 3.05) is 6.54 Å². The summed E-state index contributed by atoms with van der Waals surface area (Å²) in [5.74, 6) is 1.01. The smallest absolute Gasteiger partial charge is 0.291 e. The predicted molar refractivity (Wildman–Crippen MR) is 98.2 cm³/mol. The number of nitrogens with one attached hydrogen (secondary N) is 1. The first-order chi connectivity index (χ1) is 12.0. The highest BCUT2D eigenvalue weighted by Gasteiger charge is 2.33. The quantitative estimate of drug-likeness (QED) is 0.793. The number of rotatable bonds is 7. The van der Waals surface area contributed by atoms with Crippen molar-refractivity contribution in [2.24, 2.45) is 5.73 Å². The van der Waals surface area contributed by atoms with Crippen LogP contribution in [-0.2, 0) is 0 Å². The molecule has 0 aliphatic heterocycles. The van der Waals surface area contributed by atoms with Crippen molar-refractivity contribution in [3.63, 3.8) is 0 Å². The normalized spacial score (nSPS) is 14.6. The minimum atomic E-state index is -0.424. The van der Waals surface area contributed by atoms with Gasteiger partial charge in [-0.2, -0.15) is 0 Å². The average molecular weight is 362 g/mol. The van der Waals surface area contributed by atoms with E-state index in [4.69, 9.17) is 17.3 Å². The van der Waals surface area contributed by atoms with Gasteiger partial charge in [-0.1, -0.05) is 37.6 Å². The molecule has 1 aliphatic carbocycles. The van der Waals surface area contributed by atoms with Gasteiger partial charge in [0.2, 0.25) is 5.82 Å². The number of hydrogen-bond donors (Lipinski definition) is 2. The van der Waals surface area contributed by atoms with E-state index in [-0.39, 0.29) is 11.7 Å². The van der Waals surface area contributed by atoms with Crippen LogP contribution in [0.4, 0.5) is 0 Å². The highest BCUT2D eigenvalue weighted by molar-refractivity contribution is 6.32. The SMILES string of the molecule is CCC(CC)(CN)NC(=O)c1nc(C2CC2)n(-c2ccccc2Cl)n1. The van der Waals surface area contributed by atoms with E-state index in [9.17, 15) is 4.79 Å². The monoisotopic (exact) mass is 361 g/mol. The maximum absolute atomic E-state index is 12.7. The summed E-state index contributed by atoms with van der Waals surface area (Å²) >= 11 is 6.31. The van der Waals surface area contributed by atoms with Crippen molar-refractivity contribution in [1.82, 2.24) is 20.1 Å². The molecule has 3 rings (SSSR count). The molecule has 3 N–H and O–H groups in total. The summed E-state index contributed by atoms with van der Waals surface area (Å²) in [6, 6.07) is 7.45. The highest BCUT2D eigenvalue weighted by atomic mass is 35.5. The Morgan fingerprint density at radius 3 is 2.60 bits per heavy atom. The van der Waals surface area contributed by atoms with Crippen LogP contribution in [0.2, 0.25) is 5.02 Å². The molecule has 1 amide bonds. The number of amides is 1. The molecule has 1 saturated carbocycles. The lowest BCUT2D eigenvalue weighted by Gasteiger charge is -2.30. The van der Waals surface area contributed by atoms with Gasteiger partial charge >= 0.3 is 0 Å². The third-order valence-corrected chi connectivity index (χ3v) is 5.30. The van der Waals surface area contributed by atoms with E-state index in [1.807, 2.05) is 38.1 Å². The number of benzene rings is 1. The molecule has 0 spiro atoms. The summed E-state index contributed by atoms with van der Waals surface area (Å²) < 4.78 is 1.71. The predicted octanol–water partition coefficient (Wildman–Crippen LogP) is 3.05. The molecule has 6 nitrogen and oxygen atoms in total. The van der Waals surface area contributed by atoms with E-state index in [1.165, 1.54) is 0 Å². The van der Waals surface area contributed by atoms with Gasteiger partial charge in [0.15, 0.2) is 0 Å². The second-order valence-corrected chi connectivity index (χ2v) is 6.98. The van der Waals surface area contributed by atoms with E-state index in [0.717, 1.165) is 37.2 Å². The summed E-state index contributed by atoms with van der Waals surface area (Å²) in [4.78, 5) is 17.2. The molecule has 0 unspecified atom stereocenters. The average Bonchev–Trinajstić information content (AvgIpc) is 3.39. The van der Waals surface area contributed by atoms with Gasteiger partial charge in [-0.05, 0) is 37.8 Å². The Bertz CT molecular complexity index is 756. The summed E-state index contributed by atoms with van der Waals surface area (Å²) in [7, 11) is 0. The van der Waals surface area contributed by atoms with Crippen LogP contribution < -0.4 is 11.1 Å². The second-order valence-electron chi connectivity index (χ2n) is 6.58. The maximum atomic E-state index is 12.7. The Kier molecular flexibility index (Phi) is 5.11. The van der Waals surface area contributed by atoms with Crippen molar-refractivity contribution in [1.29, 1.82) is 0 Å². The molecular formula is C18H24ClN5O. The topological polar surface area (TPSA) is 85.8 Å². The van der Waals surface area contributed by atoms with Crippen LogP contribution in [0.3, 0.4) is 0 Å². The van der Waals surface area contributed by atoms with E-state index < -0.39 is 5.54 Å². The van der Waals surface area contributed by atoms with Crippen molar-refractivity contribution < 1.29 is 4.79 Å². The minimum absolute atomic E-state index is 0.168. The van der Waals surface area contributed by atoms with Gasteiger partial charge in [0.1, 0.15) is 5.82 Å². The van der Waals surface area contributed by atoms with Gasteiger partial charge in [-0.15, -0.1) is 5.10 Å². The first-order valence-electron chi connectivity index (χ1n) is 8.78. The maximum Gasteiger partial charge on any atom is 0.291 e. The number of para-hydroxylation sites is 1. The summed E-state index contributed by atoms with van der Waals surface area (Å²) in [5, 5.41) is 8.07. The molecule has 1 fully saturated rings. The first kappa shape index (κ1) is 17.9. The zero-order chi connectivity index (χ0) is 18.0. The fourth-order valence-electron chi connectivity index (χ4n) is 2.89. The van der Waals surface area contributed by atoms with Gasteiger partial charge in [0.25, 0.3) is 5.91 Å². The van der Waals surface area contributed by atoms with E-state index >= 15 is 0 Å². The molecule has 134 valence electrons. The molecule has 1 aliphatic rings. The molecule has 25 heavy (non-hydrogen) atoms. The molecule has 0 atom stereocenters. The van der Waals surface area contributed by atoms with E-state index in [0.29, 0.717) is 17.5 Å². The van der Waals surface area contributed by atoms with Crippen molar-refractivity contribution >= 4 is 17.5 Å². The van der Waals surface area contributed by atoms with Gasteiger partial charge in [-0.25, -0.2) is 9.67 Å². The van der Waals surface area contributed by atoms with E-state index in [2.05, 4.69) is 15.4 Å². The lowest BCUT2D eigenvalue weighted by Crippen LogP contribution is -2.53. The van der Waals surface area contributed by atoms with Crippen LogP contribution >= 0.6 is 11.6 Å². The highest BCUT2D eigenvalue weighted by Crippen LogP contribution is 2.40. The van der Waals surface area contributed by atoms with Gasteiger partial charge in [-0.3, -0.25) is 4.79 Å². The van der Waals surface area contributed by atoms with E-state index in [1.54, 1.807) is 4.68 Å². The number of hydrogen-bond acceptors (Lipinski definition) is 4. The number of aromatic nitrogens is 3. The number of halogens is 1. The largest absolute Gasteiger partial charge is 0.343 e. The molecule has 0 bridgehead atoms. The van der Waals surface area contributed by atoms with Crippen LogP contribution in [0.25, 0.3) is 5.69 Å². The summed E-state index contributed by atoms with van der Waals surface area (Å²) in [5.41, 5.74) is 6.20. The standard InChI is InChI=1S/C18H24ClN5O/c1-3-18(4-2,11-20)22-17(25)15-21-16(12-9-10-12)24(23-15)14-8-6-5-7-13(14)19/h5-8,12H,3-4,9-11,20H2,1-2H3,(H,22,25). The molecule has 1 aromatic heterocycles. The minimum Gasteiger partial charge on any atom is -0.343 e. The lowest BCUT2D eigenvalue weighted by atomic mass is 9.93. The third kappa shape index (κ3) is 3.55. The van der Waals surface area contributed by atoms with Crippen LogP contribution in [0, 0.1) is 0 Å². The first-order valence-corrected chi connectivity index (χ1v) is 9.15. The van der Waals surface area contributed by atoms with Crippen molar-refractivity contribution in [3.8, 4) is 5.69 Å². The zero-order valence-electron chi connectivity index (χ0n) is 14.6. The molecular weight excluding hydrogens is 338 g/mol.